The molecule has 2 aromatic heterocycles. The van der Waals surface area contributed by atoms with E-state index in [0.717, 1.165) is 0 Å². The Morgan fingerprint density at radius 1 is 1.54 bits per heavy atom. The van der Waals surface area contributed by atoms with Gasteiger partial charge in [0.2, 0.25) is 0 Å². The monoisotopic (exact) mass is 177 g/mol. The minimum absolute atomic E-state index is 0.167. The van der Waals surface area contributed by atoms with Gasteiger partial charge in [0, 0.05) is 6.20 Å². The highest BCUT2D eigenvalue weighted by Crippen LogP contribution is 2.01. The molecule has 5 heteroatoms. The molecule has 2 N–H and O–H groups in total. The maximum absolute atomic E-state index is 11.4. The van der Waals surface area contributed by atoms with Crippen LogP contribution in [-0.2, 0) is 0 Å². The minimum Gasteiger partial charge on any atom is -0.432 e. The molecule has 0 atom stereocenters. The van der Waals surface area contributed by atoms with E-state index in [1.54, 1.807) is 12.3 Å². The fraction of sp³-hybridized carbons (Fsp3) is 0. The van der Waals surface area contributed by atoms with Crippen molar-refractivity contribution in [2.45, 2.75) is 0 Å². The van der Waals surface area contributed by atoms with E-state index >= 15 is 0 Å². The van der Waals surface area contributed by atoms with Gasteiger partial charge in [-0.2, -0.15) is 0 Å². The normalized spacial score (nSPS) is 10.2. The van der Waals surface area contributed by atoms with Gasteiger partial charge in [0.15, 0.2) is 0 Å². The summed E-state index contributed by atoms with van der Waals surface area (Å²) in [4.78, 5) is 15.2. The van der Waals surface area contributed by atoms with Gasteiger partial charge in [0.1, 0.15) is 6.26 Å². The molecule has 0 aliphatic rings. The Hall–Kier alpha value is -2.04. The van der Waals surface area contributed by atoms with Crippen LogP contribution in [0.2, 0.25) is 0 Å². The van der Waals surface area contributed by atoms with Gasteiger partial charge in [-0.15, -0.1) is 0 Å². The van der Waals surface area contributed by atoms with Gasteiger partial charge in [-0.1, -0.05) is 0 Å². The standard InChI is InChI=1S/C8H7N3O2/c9-6-2-1-4-11(7(6)12)8-10-3-5-13-8/h1-5H,9H2. The molecule has 2 rings (SSSR count). The second kappa shape index (κ2) is 2.78. The Morgan fingerprint density at radius 3 is 3.08 bits per heavy atom. The molecule has 0 aliphatic carbocycles. The van der Waals surface area contributed by atoms with Crippen LogP contribution in [0.25, 0.3) is 6.01 Å². The van der Waals surface area contributed by atoms with Crippen LogP contribution in [0, 0.1) is 0 Å². The second-order valence-corrected chi connectivity index (χ2v) is 2.45. The summed E-state index contributed by atoms with van der Waals surface area (Å²) < 4.78 is 6.20. The van der Waals surface area contributed by atoms with Gasteiger partial charge in [0.25, 0.3) is 5.56 Å². The van der Waals surface area contributed by atoms with Gasteiger partial charge >= 0.3 is 6.01 Å². The van der Waals surface area contributed by atoms with Crippen LogP contribution in [0.15, 0.2) is 40.0 Å². The summed E-state index contributed by atoms with van der Waals surface area (Å²) in [5.41, 5.74) is 5.26. The minimum atomic E-state index is -0.329. The van der Waals surface area contributed by atoms with E-state index in [4.69, 9.17) is 10.2 Å². The van der Waals surface area contributed by atoms with Crippen LogP contribution in [-0.4, -0.2) is 9.55 Å². The first-order valence-electron chi connectivity index (χ1n) is 3.66. The Labute approximate surface area is 73.4 Å². The summed E-state index contributed by atoms with van der Waals surface area (Å²) >= 11 is 0. The highest BCUT2D eigenvalue weighted by Gasteiger charge is 2.04. The maximum Gasteiger partial charge on any atom is 0.308 e. The lowest BCUT2D eigenvalue weighted by atomic mass is 10.4. The summed E-state index contributed by atoms with van der Waals surface area (Å²) in [6.07, 6.45) is 4.40. The molecule has 0 unspecified atom stereocenters. The predicted molar refractivity (Wildman–Crippen MR) is 46.5 cm³/mol. The first-order valence-corrected chi connectivity index (χ1v) is 3.66. The van der Waals surface area contributed by atoms with Gasteiger partial charge in [-0.3, -0.25) is 4.79 Å². The first-order chi connectivity index (χ1) is 6.29. The molecule has 0 radical (unpaired) electrons. The Morgan fingerprint density at radius 2 is 2.38 bits per heavy atom. The van der Waals surface area contributed by atoms with Gasteiger partial charge in [-0.05, 0) is 12.1 Å². The van der Waals surface area contributed by atoms with Crippen molar-refractivity contribution in [3.05, 3.63) is 41.1 Å². The zero-order valence-corrected chi connectivity index (χ0v) is 6.68. The topological polar surface area (TPSA) is 74.1 Å². The molecule has 13 heavy (non-hydrogen) atoms. The average molecular weight is 177 g/mol. The number of hydrogen-bond acceptors (Lipinski definition) is 4. The fourth-order valence-corrected chi connectivity index (χ4v) is 0.996. The molecular formula is C8H7N3O2. The summed E-state index contributed by atoms with van der Waals surface area (Å²) in [5, 5.41) is 0. The molecule has 2 heterocycles. The molecular weight excluding hydrogens is 170 g/mol. The summed E-state index contributed by atoms with van der Waals surface area (Å²) in [5.74, 6) is 0. The quantitative estimate of drug-likeness (QED) is 0.684. The van der Waals surface area contributed by atoms with Crippen molar-refractivity contribution in [1.82, 2.24) is 9.55 Å². The van der Waals surface area contributed by atoms with E-state index in [1.807, 2.05) is 0 Å². The lowest BCUT2D eigenvalue weighted by molar-refractivity contribution is 0.522. The number of pyridine rings is 1. The molecule has 0 fully saturated rings. The number of rotatable bonds is 1. The number of hydrogen-bond donors (Lipinski definition) is 1. The number of nitrogens with zero attached hydrogens (tertiary/aromatic N) is 2. The van der Waals surface area contributed by atoms with E-state index < -0.39 is 0 Å². The highest BCUT2D eigenvalue weighted by molar-refractivity contribution is 5.35. The molecule has 2 aromatic rings. The van der Waals surface area contributed by atoms with Crippen molar-refractivity contribution in [2.75, 3.05) is 5.73 Å². The number of anilines is 1. The van der Waals surface area contributed by atoms with Crippen LogP contribution in [0.1, 0.15) is 0 Å². The molecule has 0 aliphatic heterocycles. The SMILES string of the molecule is Nc1cccn(-c2ncco2)c1=O. The maximum atomic E-state index is 11.4. The van der Waals surface area contributed by atoms with E-state index in [9.17, 15) is 4.79 Å². The van der Waals surface area contributed by atoms with E-state index in [1.165, 1.54) is 23.1 Å². The van der Waals surface area contributed by atoms with Crippen LogP contribution >= 0.6 is 0 Å². The second-order valence-electron chi connectivity index (χ2n) is 2.45. The Kier molecular flexibility index (Phi) is 1.63. The Balaban J connectivity index is 2.66. The highest BCUT2D eigenvalue weighted by atomic mass is 16.4. The molecule has 66 valence electrons. The van der Waals surface area contributed by atoms with E-state index in [2.05, 4.69) is 4.98 Å². The summed E-state index contributed by atoms with van der Waals surface area (Å²) in [6.45, 7) is 0. The van der Waals surface area contributed by atoms with Crippen LogP contribution in [0.4, 0.5) is 5.69 Å². The Bertz CT molecular complexity index is 458. The van der Waals surface area contributed by atoms with Crippen molar-refractivity contribution < 1.29 is 4.42 Å². The third-order valence-corrected chi connectivity index (χ3v) is 1.60. The fourth-order valence-electron chi connectivity index (χ4n) is 0.996. The van der Waals surface area contributed by atoms with Crippen molar-refractivity contribution in [1.29, 1.82) is 0 Å². The van der Waals surface area contributed by atoms with Crippen LogP contribution in [0.3, 0.4) is 0 Å². The molecule has 0 bridgehead atoms. The molecule has 0 aromatic carbocycles. The zero-order valence-electron chi connectivity index (χ0n) is 6.68. The van der Waals surface area contributed by atoms with Crippen molar-refractivity contribution in [3.63, 3.8) is 0 Å². The number of nitrogens with two attached hydrogens (primary N) is 1. The van der Waals surface area contributed by atoms with Crippen molar-refractivity contribution >= 4 is 5.69 Å². The smallest absolute Gasteiger partial charge is 0.308 e. The molecule has 5 nitrogen and oxygen atoms in total. The van der Waals surface area contributed by atoms with E-state index in [-0.39, 0.29) is 17.3 Å². The summed E-state index contributed by atoms with van der Waals surface area (Å²) in [7, 11) is 0. The predicted octanol–water partition coefficient (Wildman–Crippen LogP) is 0.408. The van der Waals surface area contributed by atoms with Gasteiger partial charge in [0.05, 0.1) is 11.9 Å². The first kappa shape index (κ1) is 7.60. The van der Waals surface area contributed by atoms with E-state index in [0.29, 0.717) is 0 Å². The lowest BCUT2D eigenvalue weighted by Gasteiger charge is -1.99. The van der Waals surface area contributed by atoms with Crippen LogP contribution < -0.4 is 11.3 Å². The molecule has 0 spiro atoms. The molecule has 0 saturated heterocycles. The van der Waals surface area contributed by atoms with Gasteiger partial charge in [-0.25, -0.2) is 9.55 Å². The van der Waals surface area contributed by atoms with Crippen LogP contribution in [0.5, 0.6) is 0 Å². The third kappa shape index (κ3) is 1.20. The summed E-state index contributed by atoms with van der Waals surface area (Å²) in [6, 6.07) is 3.40. The third-order valence-electron chi connectivity index (χ3n) is 1.60. The number of oxazole rings is 1. The average Bonchev–Trinajstić information content (AvgIpc) is 2.62. The van der Waals surface area contributed by atoms with Crippen molar-refractivity contribution in [3.8, 4) is 6.01 Å². The molecule has 0 saturated carbocycles. The van der Waals surface area contributed by atoms with Crippen molar-refractivity contribution in [2.24, 2.45) is 0 Å². The largest absolute Gasteiger partial charge is 0.432 e. The zero-order chi connectivity index (χ0) is 9.26. The number of nitrogen functional groups attached to an aromatic ring is 1. The number of aromatic nitrogens is 2. The lowest BCUT2D eigenvalue weighted by Crippen LogP contribution is -2.20. The van der Waals surface area contributed by atoms with Gasteiger partial charge < -0.3 is 10.2 Å². The molecule has 0 amide bonds.